The van der Waals surface area contributed by atoms with Gasteiger partial charge in [-0.3, -0.25) is 20.1 Å². The Morgan fingerprint density at radius 2 is 2.33 bits per heavy atom. The van der Waals surface area contributed by atoms with Crippen molar-refractivity contribution < 1.29 is 4.92 Å². The van der Waals surface area contributed by atoms with Gasteiger partial charge in [0.1, 0.15) is 0 Å². The summed E-state index contributed by atoms with van der Waals surface area (Å²) in [4.78, 5) is 15.0. The zero-order valence-corrected chi connectivity index (χ0v) is 14.5. The summed E-state index contributed by atoms with van der Waals surface area (Å²) in [5.41, 5.74) is 1.95. The highest BCUT2D eigenvalue weighted by atomic mass is 16.6. The molecule has 2 rings (SSSR count). The van der Waals surface area contributed by atoms with Gasteiger partial charge in [0.15, 0.2) is 0 Å². The van der Waals surface area contributed by atoms with Gasteiger partial charge in [-0.1, -0.05) is 24.8 Å². The molecule has 0 spiro atoms. The maximum absolute atomic E-state index is 11.1. The SMILES string of the molecule is C=C/C(=C\CC(C)(C)[N+](=O)[O-])C1=NN(C)C(c2cccnc2)CC1. The van der Waals surface area contributed by atoms with Crippen molar-refractivity contribution in [2.24, 2.45) is 5.10 Å². The number of nitrogens with zero attached hydrogens (tertiary/aromatic N) is 4. The van der Waals surface area contributed by atoms with Gasteiger partial charge >= 0.3 is 0 Å². The van der Waals surface area contributed by atoms with E-state index in [1.807, 2.05) is 30.4 Å². The van der Waals surface area contributed by atoms with Crippen LogP contribution in [0.1, 0.15) is 44.7 Å². The van der Waals surface area contributed by atoms with E-state index >= 15 is 0 Å². The minimum absolute atomic E-state index is 0.198. The van der Waals surface area contributed by atoms with Crippen molar-refractivity contribution in [3.63, 3.8) is 0 Å². The van der Waals surface area contributed by atoms with Gasteiger partial charge in [-0.2, -0.15) is 5.10 Å². The smallest absolute Gasteiger partial charge is 0.220 e. The van der Waals surface area contributed by atoms with Crippen LogP contribution in [0.25, 0.3) is 0 Å². The Kier molecular flexibility index (Phi) is 5.49. The largest absolute Gasteiger partial charge is 0.292 e. The second-order valence-corrected chi connectivity index (χ2v) is 6.60. The fourth-order valence-electron chi connectivity index (χ4n) is 2.68. The van der Waals surface area contributed by atoms with Gasteiger partial charge in [0, 0.05) is 44.6 Å². The Balaban J connectivity index is 2.16. The monoisotopic (exact) mass is 328 g/mol. The number of hydrogen-bond donors (Lipinski definition) is 0. The van der Waals surface area contributed by atoms with Gasteiger partial charge in [0.2, 0.25) is 5.54 Å². The topological polar surface area (TPSA) is 71.6 Å². The van der Waals surface area contributed by atoms with Crippen LogP contribution in [0.4, 0.5) is 0 Å². The molecule has 0 saturated carbocycles. The molecule has 24 heavy (non-hydrogen) atoms. The molecule has 0 bridgehead atoms. The summed E-state index contributed by atoms with van der Waals surface area (Å²) in [7, 11) is 1.94. The van der Waals surface area contributed by atoms with Crippen LogP contribution in [0, 0.1) is 10.1 Å². The number of aromatic nitrogens is 1. The summed E-state index contributed by atoms with van der Waals surface area (Å²) in [5.74, 6) is 0. The van der Waals surface area contributed by atoms with Crippen LogP contribution in [-0.4, -0.2) is 33.2 Å². The van der Waals surface area contributed by atoms with Crippen molar-refractivity contribution in [3.8, 4) is 0 Å². The number of pyridine rings is 1. The van der Waals surface area contributed by atoms with E-state index in [1.54, 1.807) is 26.1 Å². The van der Waals surface area contributed by atoms with E-state index in [1.165, 1.54) is 0 Å². The summed E-state index contributed by atoms with van der Waals surface area (Å²) in [6, 6.07) is 4.18. The van der Waals surface area contributed by atoms with E-state index in [0.717, 1.165) is 29.7 Å². The Morgan fingerprint density at radius 1 is 1.58 bits per heavy atom. The highest BCUT2D eigenvalue weighted by molar-refractivity contribution is 6.02. The zero-order valence-electron chi connectivity index (χ0n) is 14.5. The molecule has 1 aliphatic heterocycles. The van der Waals surface area contributed by atoms with E-state index in [-0.39, 0.29) is 11.0 Å². The van der Waals surface area contributed by atoms with Crippen LogP contribution in [0.3, 0.4) is 0 Å². The molecule has 6 nitrogen and oxygen atoms in total. The molecule has 1 aromatic rings. The Morgan fingerprint density at radius 3 is 2.88 bits per heavy atom. The van der Waals surface area contributed by atoms with Crippen molar-refractivity contribution in [1.82, 2.24) is 9.99 Å². The highest BCUT2D eigenvalue weighted by Crippen LogP contribution is 2.30. The minimum Gasteiger partial charge on any atom is -0.292 e. The normalized spacial score (nSPS) is 19.0. The maximum atomic E-state index is 11.1. The van der Waals surface area contributed by atoms with Gasteiger partial charge in [-0.25, -0.2) is 0 Å². The lowest BCUT2D eigenvalue weighted by atomic mass is 9.94. The van der Waals surface area contributed by atoms with Crippen LogP contribution in [-0.2, 0) is 0 Å². The third kappa shape index (κ3) is 4.07. The van der Waals surface area contributed by atoms with Crippen LogP contribution >= 0.6 is 0 Å². The van der Waals surface area contributed by atoms with Crippen LogP contribution < -0.4 is 0 Å². The molecule has 0 saturated heterocycles. The molecule has 0 radical (unpaired) electrons. The first-order valence-corrected chi connectivity index (χ1v) is 8.03. The molecule has 6 heteroatoms. The van der Waals surface area contributed by atoms with Crippen molar-refractivity contribution in [2.45, 2.75) is 44.7 Å². The standard InChI is InChI=1S/C18H24N4O2/c1-5-14(10-11-18(2,3)22(23)24)16-8-9-17(21(4)20-16)15-7-6-12-19-13-15/h5-7,10,12-13,17H,1,8-9,11H2,2-4H3/b14-10+. The first kappa shape index (κ1) is 17.8. The number of nitro groups is 1. The number of allylic oxidation sites excluding steroid dienone is 2. The lowest BCUT2D eigenvalue weighted by Crippen LogP contribution is -2.30. The molecule has 0 fully saturated rings. The molecule has 128 valence electrons. The molecule has 0 aliphatic carbocycles. The second-order valence-electron chi connectivity index (χ2n) is 6.60. The Bertz CT molecular complexity index is 665. The van der Waals surface area contributed by atoms with Crippen molar-refractivity contribution >= 4 is 5.71 Å². The lowest BCUT2D eigenvalue weighted by Gasteiger charge is -2.31. The molecule has 2 heterocycles. The van der Waals surface area contributed by atoms with E-state index in [0.29, 0.717) is 6.42 Å². The van der Waals surface area contributed by atoms with Gasteiger partial charge < -0.3 is 0 Å². The molecule has 0 N–H and O–H groups in total. The summed E-state index contributed by atoms with van der Waals surface area (Å²) in [6.45, 7) is 7.08. The number of rotatable bonds is 6. The number of hydrogen-bond acceptors (Lipinski definition) is 5. The van der Waals surface area contributed by atoms with E-state index in [9.17, 15) is 10.1 Å². The highest BCUT2D eigenvalue weighted by Gasteiger charge is 2.30. The van der Waals surface area contributed by atoms with Gasteiger partial charge in [0.05, 0.1) is 11.8 Å². The quantitative estimate of drug-likeness (QED) is 0.453. The number of hydrazone groups is 1. The van der Waals surface area contributed by atoms with Crippen LogP contribution in [0.15, 0.2) is 53.9 Å². The second kappa shape index (κ2) is 7.38. The molecule has 1 atom stereocenters. The summed E-state index contributed by atoms with van der Waals surface area (Å²) >= 11 is 0. The summed E-state index contributed by atoms with van der Waals surface area (Å²) in [5, 5.41) is 17.7. The molecule has 0 aromatic carbocycles. The van der Waals surface area contributed by atoms with Crippen molar-refractivity contribution in [3.05, 3.63) is 64.5 Å². The first-order chi connectivity index (χ1) is 11.3. The van der Waals surface area contributed by atoms with Crippen LogP contribution in [0.2, 0.25) is 0 Å². The molecular formula is C18H24N4O2. The molecule has 1 aromatic heterocycles. The molecule has 1 unspecified atom stereocenters. The van der Waals surface area contributed by atoms with Gasteiger partial charge in [-0.15, -0.1) is 0 Å². The predicted octanol–water partition coefficient (Wildman–Crippen LogP) is 3.76. The molecule has 1 aliphatic rings. The third-order valence-electron chi connectivity index (χ3n) is 4.32. The minimum atomic E-state index is -0.992. The van der Waals surface area contributed by atoms with E-state index < -0.39 is 5.54 Å². The summed E-state index contributed by atoms with van der Waals surface area (Å²) in [6.07, 6.45) is 9.30. The van der Waals surface area contributed by atoms with Gasteiger partial charge in [0.25, 0.3) is 0 Å². The Hall–Kier alpha value is -2.50. The zero-order chi connectivity index (χ0) is 17.7. The van der Waals surface area contributed by atoms with E-state index in [4.69, 9.17) is 0 Å². The van der Waals surface area contributed by atoms with Crippen LogP contribution in [0.5, 0.6) is 0 Å². The molecular weight excluding hydrogens is 304 g/mol. The van der Waals surface area contributed by atoms with Gasteiger partial charge in [-0.05, 0) is 30.0 Å². The first-order valence-electron chi connectivity index (χ1n) is 8.03. The average Bonchev–Trinajstić information content (AvgIpc) is 2.56. The fourth-order valence-corrected chi connectivity index (χ4v) is 2.68. The average molecular weight is 328 g/mol. The van der Waals surface area contributed by atoms with Crippen molar-refractivity contribution in [2.75, 3.05) is 7.05 Å². The molecule has 0 amide bonds. The third-order valence-corrected chi connectivity index (χ3v) is 4.32. The van der Waals surface area contributed by atoms with E-state index in [2.05, 4.69) is 22.7 Å². The Labute approximate surface area is 142 Å². The predicted molar refractivity (Wildman–Crippen MR) is 95.4 cm³/mol. The lowest BCUT2D eigenvalue weighted by molar-refractivity contribution is -0.559. The van der Waals surface area contributed by atoms with Crippen molar-refractivity contribution in [1.29, 1.82) is 0 Å². The fraction of sp³-hybridized carbons (Fsp3) is 0.444. The summed E-state index contributed by atoms with van der Waals surface area (Å²) < 4.78 is 0. The maximum Gasteiger partial charge on any atom is 0.220 e.